The highest BCUT2D eigenvalue weighted by Crippen LogP contribution is 2.24. The van der Waals surface area contributed by atoms with Crippen LogP contribution in [-0.2, 0) is 4.79 Å². The minimum Gasteiger partial charge on any atom is -0.481 e. The number of benzene rings is 1. The van der Waals surface area contributed by atoms with E-state index in [1.165, 1.54) is 0 Å². The van der Waals surface area contributed by atoms with E-state index in [-0.39, 0.29) is 16.5 Å². The van der Waals surface area contributed by atoms with Crippen molar-refractivity contribution in [3.05, 3.63) is 33.8 Å². The number of aliphatic carboxylic acids is 1. The van der Waals surface area contributed by atoms with Gasteiger partial charge in [-0.25, -0.2) is 8.78 Å². The lowest BCUT2D eigenvalue weighted by Gasteiger charge is -2.10. The molecule has 0 aromatic heterocycles. The van der Waals surface area contributed by atoms with Crippen molar-refractivity contribution in [3.8, 4) is 0 Å². The molecule has 0 aliphatic carbocycles. The third-order valence-electron chi connectivity index (χ3n) is 1.83. The van der Waals surface area contributed by atoms with E-state index < -0.39 is 23.6 Å². The topological polar surface area (TPSA) is 63.3 Å². The van der Waals surface area contributed by atoms with Crippen LogP contribution in [0.25, 0.3) is 0 Å². The molecule has 1 unspecified atom stereocenters. The molecule has 1 aromatic rings. The average Bonchev–Trinajstić information content (AvgIpc) is 2.12. The van der Waals surface area contributed by atoms with E-state index in [9.17, 15) is 13.6 Å². The Balaban J connectivity index is 3.00. The number of halogens is 3. The number of hydrogen-bond donors (Lipinski definition) is 2. The zero-order chi connectivity index (χ0) is 11.6. The lowest BCUT2D eigenvalue weighted by Crippen LogP contribution is -2.15. The van der Waals surface area contributed by atoms with E-state index in [1.54, 1.807) is 0 Å². The molecule has 0 saturated heterocycles. The Morgan fingerprint density at radius 3 is 2.33 bits per heavy atom. The quantitative estimate of drug-likeness (QED) is 0.834. The molecule has 0 aliphatic heterocycles. The van der Waals surface area contributed by atoms with Gasteiger partial charge in [0.25, 0.3) is 0 Å². The zero-order valence-electron chi connectivity index (χ0n) is 7.51. The van der Waals surface area contributed by atoms with Gasteiger partial charge in [-0.2, -0.15) is 0 Å². The zero-order valence-corrected chi connectivity index (χ0v) is 9.09. The summed E-state index contributed by atoms with van der Waals surface area (Å²) in [6.07, 6.45) is -0.374. The van der Waals surface area contributed by atoms with Gasteiger partial charge in [0, 0.05) is 6.04 Å². The second-order valence-corrected chi connectivity index (χ2v) is 3.80. The van der Waals surface area contributed by atoms with Gasteiger partial charge in [-0.1, -0.05) is 0 Å². The van der Waals surface area contributed by atoms with Crippen molar-refractivity contribution in [2.24, 2.45) is 5.73 Å². The van der Waals surface area contributed by atoms with Crippen molar-refractivity contribution >= 4 is 21.9 Å². The van der Waals surface area contributed by atoms with Gasteiger partial charge in [-0.3, -0.25) is 4.79 Å². The summed E-state index contributed by atoms with van der Waals surface area (Å²) in [6, 6.07) is 1.11. The van der Waals surface area contributed by atoms with Crippen LogP contribution in [0.5, 0.6) is 0 Å². The van der Waals surface area contributed by atoms with Gasteiger partial charge in [0.05, 0.1) is 10.9 Å². The van der Waals surface area contributed by atoms with Gasteiger partial charge in [0.1, 0.15) is 11.6 Å². The summed E-state index contributed by atoms with van der Waals surface area (Å²) in [5, 5.41) is 8.46. The summed E-state index contributed by atoms with van der Waals surface area (Å²) in [4.78, 5) is 10.3. The molecule has 0 saturated carbocycles. The summed E-state index contributed by atoms with van der Waals surface area (Å²) >= 11 is 2.71. The van der Waals surface area contributed by atoms with Gasteiger partial charge in [-0.15, -0.1) is 0 Å². The predicted octanol–water partition coefficient (Wildman–Crippen LogP) is 2.20. The third kappa shape index (κ3) is 2.97. The molecule has 6 heteroatoms. The molecule has 0 aliphatic rings. The summed E-state index contributed by atoms with van der Waals surface area (Å²) in [6.45, 7) is 0. The van der Waals surface area contributed by atoms with Gasteiger partial charge in [-0.05, 0) is 33.6 Å². The third-order valence-corrected chi connectivity index (χ3v) is 2.59. The van der Waals surface area contributed by atoms with Crippen molar-refractivity contribution < 1.29 is 18.7 Å². The Bertz CT molecular complexity index is 375. The highest BCUT2D eigenvalue weighted by molar-refractivity contribution is 9.10. The SMILES string of the molecule is NC(CC(=O)O)c1cc(F)c(Br)c(F)c1. The van der Waals surface area contributed by atoms with Crippen molar-refractivity contribution in [2.45, 2.75) is 12.5 Å². The Hall–Kier alpha value is -1.01. The fourth-order valence-corrected chi connectivity index (χ4v) is 1.32. The number of carbonyl (C=O) groups is 1. The van der Waals surface area contributed by atoms with Crippen LogP contribution in [0.2, 0.25) is 0 Å². The Morgan fingerprint density at radius 1 is 1.47 bits per heavy atom. The standard InChI is InChI=1S/C9H8BrF2NO2/c10-9-5(11)1-4(2-6(9)12)7(13)3-8(14)15/h1-2,7H,3,13H2,(H,14,15). The van der Waals surface area contributed by atoms with Crippen molar-refractivity contribution in [1.29, 1.82) is 0 Å². The smallest absolute Gasteiger partial charge is 0.305 e. The maximum absolute atomic E-state index is 13.0. The minimum absolute atomic E-state index is 0.121. The predicted molar refractivity (Wildman–Crippen MR) is 53.2 cm³/mol. The summed E-state index contributed by atoms with van der Waals surface area (Å²) in [5.74, 6) is -2.72. The van der Waals surface area contributed by atoms with E-state index in [2.05, 4.69) is 15.9 Å². The number of nitrogens with two attached hydrogens (primary N) is 1. The molecule has 3 nitrogen and oxygen atoms in total. The van der Waals surface area contributed by atoms with Crippen molar-refractivity contribution in [3.63, 3.8) is 0 Å². The molecule has 0 fully saturated rings. The van der Waals surface area contributed by atoms with E-state index >= 15 is 0 Å². The normalized spacial score (nSPS) is 12.5. The first-order chi connectivity index (χ1) is 6.91. The first kappa shape index (κ1) is 12.1. The van der Waals surface area contributed by atoms with Crippen LogP contribution in [0.1, 0.15) is 18.0 Å². The molecule has 3 N–H and O–H groups in total. The molecular formula is C9H8BrF2NO2. The summed E-state index contributed by atoms with van der Waals surface area (Å²) in [7, 11) is 0. The Morgan fingerprint density at radius 2 is 1.93 bits per heavy atom. The molecule has 1 rings (SSSR count). The number of hydrogen-bond acceptors (Lipinski definition) is 2. The van der Waals surface area contributed by atoms with Crippen LogP contribution in [-0.4, -0.2) is 11.1 Å². The van der Waals surface area contributed by atoms with Crippen LogP contribution in [0.4, 0.5) is 8.78 Å². The summed E-state index contributed by atoms with van der Waals surface area (Å²) in [5.41, 5.74) is 5.58. The second-order valence-electron chi connectivity index (χ2n) is 3.00. The van der Waals surface area contributed by atoms with Gasteiger partial charge in [0.15, 0.2) is 0 Å². The molecule has 1 atom stereocenters. The van der Waals surface area contributed by atoms with Crippen molar-refractivity contribution in [1.82, 2.24) is 0 Å². The van der Waals surface area contributed by atoms with E-state index in [0.717, 1.165) is 12.1 Å². The van der Waals surface area contributed by atoms with Gasteiger partial charge >= 0.3 is 5.97 Å². The van der Waals surface area contributed by atoms with E-state index in [4.69, 9.17) is 10.8 Å². The number of carboxylic acid groups (broad SMARTS) is 1. The van der Waals surface area contributed by atoms with E-state index in [0.29, 0.717) is 0 Å². The van der Waals surface area contributed by atoms with E-state index in [1.807, 2.05) is 0 Å². The molecule has 82 valence electrons. The monoisotopic (exact) mass is 279 g/mol. The fraction of sp³-hybridized carbons (Fsp3) is 0.222. The van der Waals surface area contributed by atoms with Crippen molar-refractivity contribution in [2.75, 3.05) is 0 Å². The van der Waals surface area contributed by atoms with Gasteiger partial charge < -0.3 is 10.8 Å². The molecular weight excluding hydrogens is 272 g/mol. The molecule has 0 spiro atoms. The number of carboxylic acids is 1. The minimum atomic E-state index is -1.12. The second kappa shape index (κ2) is 4.67. The highest BCUT2D eigenvalue weighted by atomic mass is 79.9. The van der Waals surface area contributed by atoms with Crippen LogP contribution >= 0.6 is 15.9 Å². The van der Waals surface area contributed by atoms with Crippen LogP contribution in [0.15, 0.2) is 16.6 Å². The molecule has 0 heterocycles. The lowest BCUT2D eigenvalue weighted by atomic mass is 10.0. The average molecular weight is 280 g/mol. The Kier molecular flexibility index (Phi) is 3.76. The molecule has 0 amide bonds. The molecule has 0 radical (unpaired) electrons. The van der Waals surface area contributed by atoms with Crippen LogP contribution < -0.4 is 5.73 Å². The maximum atomic E-state index is 13.0. The van der Waals surface area contributed by atoms with Gasteiger partial charge in [0.2, 0.25) is 0 Å². The largest absolute Gasteiger partial charge is 0.481 e. The first-order valence-electron chi connectivity index (χ1n) is 4.03. The number of rotatable bonds is 3. The molecule has 0 bridgehead atoms. The molecule has 15 heavy (non-hydrogen) atoms. The Labute approximate surface area is 93.0 Å². The summed E-state index contributed by atoms with van der Waals surface area (Å²) < 4.78 is 25.8. The maximum Gasteiger partial charge on any atom is 0.305 e. The lowest BCUT2D eigenvalue weighted by molar-refractivity contribution is -0.137. The fourth-order valence-electron chi connectivity index (χ4n) is 1.10. The van der Waals surface area contributed by atoms with Crippen LogP contribution in [0.3, 0.4) is 0 Å². The molecule has 1 aromatic carbocycles. The first-order valence-corrected chi connectivity index (χ1v) is 4.83. The van der Waals surface area contributed by atoms with Crippen LogP contribution in [0, 0.1) is 11.6 Å². The highest BCUT2D eigenvalue weighted by Gasteiger charge is 2.15.